The topological polar surface area (TPSA) is 98.9 Å². The summed E-state index contributed by atoms with van der Waals surface area (Å²) in [6.45, 7) is 11.6. The van der Waals surface area contributed by atoms with Gasteiger partial charge in [-0.1, -0.05) is 44.2 Å². The van der Waals surface area contributed by atoms with Gasteiger partial charge in [-0.2, -0.15) is 4.58 Å². The second kappa shape index (κ2) is 11.5. The number of carbonyl (C=O) groups is 3. The van der Waals surface area contributed by atoms with E-state index in [0.717, 1.165) is 44.8 Å². The highest BCUT2D eigenvalue weighted by molar-refractivity contribution is 6.07. The predicted octanol–water partition coefficient (Wildman–Crippen LogP) is 6.06. The fraction of sp³-hybridized carbons (Fsp3) is 0.314. The van der Waals surface area contributed by atoms with Gasteiger partial charge >= 0.3 is 5.97 Å². The van der Waals surface area contributed by atoms with E-state index in [1.54, 1.807) is 0 Å². The average Bonchev–Trinajstić information content (AvgIpc) is 3.30. The van der Waals surface area contributed by atoms with Crippen molar-refractivity contribution in [1.82, 2.24) is 0 Å². The number of hydrogen-bond donors (Lipinski definition) is 2. The van der Waals surface area contributed by atoms with E-state index in [-0.39, 0.29) is 24.3 Å². The van der Waals surface area contributed by atoms with Crippen LogP contribution in [0, 0.1) is 0 Å². The molecule has 0 spiro atoms. The Bertz CT molecular complexity index is 1710. The molecule has 5 rings (SSSR count). The summed E-state index contributed by atoms with van der Waals surface area (Å²) in [7, 11) is 0. The minimum atomic E-state index is -0.838. The van der Waals surface area contributed by atoms with Crippen molar-refractivity contribution < 1.29 is 28.8 Å². The van der Waals surface area contributed by atoms with Gasteiger partial charge in [0.2, 0.25) is 11.6 Å². The smallest absolute Gasteiger partial charge is 0.309 e. The summed E-state index contributed by atoms with van der Waals surface area (Å²) in [6, 6.07) is 18.4. The number of anilines is 2. The van der Waals surface area contributed by atoms with Gasteiger partial charge in [-0.25, -0.2) is 0 Å². The Morgan fingerprint density at radius 1 is 1.05 bits per heavy atom. The fourth-order valence-electron chi connectivity index (χ4n) is 6.60. The number of benzene rings is 3. The second-order valence-corrected chi connectivity index (χ2v) is 12.1. The van der Waals surface area contributed by atoms with Crippen molar-refractivity contribution in [2.75, 3.05) is 29.9 Å². The number of rotatable bonds is 10. The van der Waals surface area contributed by atoms with Crippen LogP contribution in [-0.2, 0) is 30.0 Å². The number of hydrogen-bond acceptors (Lipinski definition) is 5. The minimum Gasteiger partial charge on any atom is -0.481 e. The summed E-state index contributed by atoms with van der Waals surface area (Å²) in [6.07, 6.45) is 6.22. The number of ether oxygens (including phenoxy) is 1. The van der Waals surface area contributed by atoms with Crippen molar-refractivity contribution in [2.24, 2.45) is 0 Å². The maximum Gasteiger partial charge on any atom is 0.309 e. The number of carboxylic acids is 1. The number of amides is 1. The molecule has 2 aliphatic rings. The predicted molar refractivity (Wildman–Crippen MR) is 169 cm³/mol. The van der Waals surface area contributed by atoms with Crippen LogP contribution in [0.1, 0.15) is 52.2 Å². The Kier molecular flexibility index (Phi) is 7.97. The van der Waals surface area contributed by atoms with Crippen molar-refractivity contribution in [1.29, 1.82) is 0 Å². The molecule has 43 heavy (non-hydrogen) atoms. The zero-order valence-corrected chi connectivity index (χ0v) is 25.3. The van der Waals surface area contributed by atoms with Crippen LogP contribution in [0.25, 0.3) is 10.8 Å². The zero-order valence-electron chi connectivity index (χ0n) is 25.3. The molecule has 0 saturated heterocycles. The summed E-state index contributed by atoms with van der Waals surface area (Å²) in [5.41, 5.74) is 6.25. The van der Waals surface area contributed by atoms with Crippen molar-refractivity contribution in [2.45, 2.75) is 51.9 Å². The van der Waals surface area contributed by atoms with Crippen molar-refractivity contribution in [3.05, 3.63) is 89.6 Å². The first-order valence-electron chi connectivity index (χ1n) is 14.5. The van der Waals surface area contributed by atoms with E-state index in [4.69, 9.17) is 4.74 Å². The second-order valence-electron chi connectivity index (χ2n) is 12.1. The van der Waals surface area contributed by atoms with Gasteiger partial charge in [0.1, 0.15) is 13.0 Å². The highest BCUT2D eigenvalue weighted by Crippen LogP contribution is 2.49. The monoisotopic (exact) mass is 580 g/mol. The lowest BCUT2D eigenvalue weighted by Gasteiger charge is -2.26. The van der Waals surface area contributed by atoms with Crippen LogP contribution in [0.5, 0.6) is 0 Å². The van der Waals surface area contributed by atoms with Crippen molar-refractivity contribution >= 4 is 51.9 Å². The lowest BCUT2D eigenvalue weighted by atomic mass is 9.79. The summed E-state index contributed by atoms with van der Waals surface area (Å²) < 4.78 is 7.20. The maximum absolute atomic E-state index is 11.7. The molecule has 8 nitrogen and oxygen atoms in total. The molecule has 2 heterocycles. The molecule has 0 aromatic heterocycles. The molecule has 222 valence electrons. The van der Waals surface area contributed by atoms with E-state index in [1.807, 2.05) is 36.4 Å². The lowest BCUT2D eigenvalue weighted by molar-refractivity contribution is -0.436. The quantitative estimate of drug-likeness (QED) is 0.172. The molecule has 0 fully saturated rings. The van der Waals surface area contributed by atoms with Crippen LogP contribution < -0.4 is 10.2 Å². The van der Waals surface area contributed by atoms with Crippen LogP contribution in [0.3, 0.4) is 0 Å². The molecule has 0 unspecified atom stereocenters. The van der Waals surface area contributed by atoms with Gasteiger partial charge in [0.25, 0.3) is 6.47 Å². The van der Waals surface area contributed by atoms with Gasteiger partial charge in [-0.15, -0.1) is 0 Å². The van der Waals surface area contributed by atoms with Crippen LogP contribution in [0.2, 0.25) is 0 Å². The van der Waals surface area contributed by atoms with E-state index >= 15 is 0 Å². The number of carboxylic acid groups (broad SMARTS) is 1. The fourth-order valence-corrected chi connectivity index (χ4v) is 6.60. The summed E-state index contributed by atoms with van der Waals surface area (Å²) in [5, 5.41) is 14.7. The first kappa shape index (κ1) is 29.8. The first-order chi connectivity index (χ1) is 20.5. The number of aliphatic carboxylic acids is 1. The standard InChI is InChI=1S/C35H37N3O5/c1-23(40)36-25-14-16-28-27(21-25)34(2,3)30(38(28)19-20-43-22-39)11-8-12-31-35(4,5)33-26-10-7-6-9-24(26)13-15-29(33)37(31)18-17-32(41)42/h6-16,21-22H,17-20H2,1-5H3,(H-,36,40,41,42)/p+1. The molecule has 3 aromatic carbocycles. The maximum atomic E-state index is 11.7. The number of nitrogens with zero attached hydrogens (tertiary/aromatic N) is 2. The Morgan fingerprint density at radius 2 is 1.81 bits per heavy atom. The van der Waals surface area contributed by atoms with Gasteiger partial charge in [-0.05, 0) is 60.5 Å². The molecule has 3 aromatic rings. The molecular weight excluding hydrogens is 542 g/mol. The van der Waals surface area contributed by atoms with Gasteiger partial charge < -0.3 is 20.1 Å². The third kappa shape index (κ3) is 5.45. The number of allylic oxidation sites excluding steroid dienone is 4. The Hall–Kier alpha value is -4.72. The highest BCUT2D eigenvalue weighted by Gasteiger charge is 2.46. The van der Waals surface area contributed by atoms with Crippen LogP contribution in [-0.4, -0.2) is 53.4 Å². The number of carbonyl (C=O) groups excluding carboxylic acids is 2. The van der Waals surface area contributed by atoms with E-state index < -0.39 is 11.4 Å². The van der Waals surface area contributed by atoms with Gasteiger partial charge in [0, 0.05) is 47.1 Å². The number of fused-ring (bicyclic) bond motifs is 4. The highest BCUT2D eigenvalue weighted by atomic mass is 16.5. The van der Waals surface area contributed by atoms with E-state index in [2.05, 4.69) is 78.9 Å². The normalized spacial score (nSPS) is 17.4. The summed E-state index contributed by atoms with van der Waals surface area (Å²) >= 11 is 0. The molecule has 0 saturated carbocycles. The van der Waals surface area contributed by atoms with Gasteiger partial charge in [0.15, 0.2) is 12.3 Å². The molecule has 1 amide bonds. The lowest BCUT2D eigenvalue weighted by Crippen LogP contribution is -2.29. The third-order valence-corrected chi connectivity index (χ3v) is 8.52. The van der Waals surface area contributed by atoms with Gasteiger partial charge in [-0.3, -0.25) is 14.4 Å². The molecule has 2 N–H and O–H groups in total. The van der Waals surface area contributed by atoms with Crippen molar-refractivity contribution in [3.63, 3.8) is 0 Å². The average molecular weight is 581 g/mol. The molecule has 0 atom stereocenters. The zero-order chi connectivity index (χ0) is 30.9. The Labute approximate surface area is 252 Å². The Morgan fingerprint density at radius 3 is 2.53 bits per heavy atom. The summed E-state index contributed by atoms with van der Waals surface area (Å²) in [4.78, 5) is 36.4. The SMILES string of the molecule is CC(=O)Nc1ccc2c(c1)C(C)(C)/C(=C\C=C\C1=[N+](CCC(=O)O)c3ccc4ccccc4c3C1(C)C)N2CCOC=O. The van der Waals surface area contributed by atoms with E-state index in [9.17, 15) is 19.5 Å². The molecule has 8 heteroatoms. The van der Waals surface area contributed by atoms with E-state index in [0.29, 0.717) is 19.6 Å². The molecule has 0 radical (unpaired) electrons. The van der Waals surface area contributed by atoms with Crippen LogP contribution >= 0.6 is 0 Å². The molecule has 0 aliphatic carbocycles. The van der Waals surface area contributed by atoms with Gasteiger partial charge in [0.05, 0.1) is 12.0 Å². The minimum absolute atomic E-state index is 0.0181. The first-order valence-corrected chi connectivity index (χ1v) is 14.5. The molecule has 2 aliphatic heterocycles. The van der Waals surface area contributed by atoms with E-state index in [1.165, 1.54) is 12.5 Å². The van der Waals surface area contributed by atoms with Crippen LogP contribution in [0.15, 0.2) is 78.5 Å². The van der Waals surface area contributed by atoms with Crippen molar-refractivity contribution in [3.8, 4) is 0 Å². The molecule has 0 bridgehead atoms. The summed E-state index contributed by atoms with van der Waals surface area (Å²) in [5.74, 6) is -0.974. The van der Waals surface area contributed by atoms with Crippen LogP contribution in [0.4, 0.5) is 17.1 Å². The number of nitrogens with one attached hydrogen (secondary N) is 1. The Balaban J connectivity index is 1.58. The third-order valence-electron chi connectivity index (χ3n) is 8.52. The molecular formula is C35H38N3O5+. The largest absolute Gasteiger partial charge is 0.481 e.